The molecule has 0 saturated carbocycles. The molecule has 0 fully saturated rings. The first kappa shape index (κ1) is 13.8. The van der Waals surface area contributed by atoms with Crippen molar-refractivity contribution in [2.75, 3.05) is 0 Å². The predicted octanol–water partition coefficient (Wildman–Crippen LogP) is 4.11. The average molecular weight is 369 g/mol. The van der Waals surface area contributed by atoms with E-state index in [2.05, 4.69) is 22.6 Å². The highest BCUT2D eigenvalue weighted by atomic mass is 127. The predicted molar refractivity (Wildman–Crippen MR) is 81.6 cm³/mol. The molecule has 4 nitrogen and oxygen atoms in total. The maximum Gasteiger partial charge on any atom is 0.273 e. The number of halogens is 1. The second-order valence-corrected chi connectivity index (χ2v) is 4.72. The topological polar surface area (TPSA) is 52.4 Å². The van der Waals surface area contributed by atoms with Gasteiger partial charge in [0.15, 0.2) is 0 Å². The fraction of sp³-hybridized carbons (Fsp3) is 0.143. The van der Waals surface area contributed by atoms with Crippen LogP contribution in [0.1, 0.15) is 11.1 Å². The number of nitro benzene ring substituents is 1. The monoisotopic (exact) mass is 369 g/mol. The molecule has 2 rings (SSSR count). The number of hydrogen-bond acceptors (Lipinski definition) is 3. The Hall–Kier alpha value is -1.63. The van der Waals surface area contributed by atoms with Crippen molar-refractivity contribution in [3.8, 4) is 5.75 Å². The summed E-state index contributed by atoms with van der Waals surface area (Å²) >= 11 is 2.11. The van der Waals surface area contributed by atoms with Crippen LogP contribution in [0.25, 0.3) is 0 Å². The van der Waals surface area contributed by atoms with Crippen LogP contribution in [0.15, 0.2) is 48.5 Å². The van der Waals surface area contributed by atoms with Crippen LogP contribution in [0.3, 0.4) is 0 Å². The lowest BCUT2D eigenvalue weighted by atomic mass is 10.2. The van der Waals surface area contributed by atoms with E-state index in [1.54, 1.807) is 12.1 Å². The van der Waals surface area contributed by atoms with Gasteiger partial charge in [0.1, 0.15) is 12.4 Å². The van der Waals surface area contributed by atoms with Gasteiger partial charge in [0, 0.05) is 16.1 Å². The first-order chi connectivity index (χ1) is 9.20. The second kappa shape index (κ2) is 6.51. The van der Waals surface area contributed by atoms with Crippen molar-refractivity contribution < 1.29 is 9.66 Å². The van der Waals surface area contributed by atoms with E-state index in [0.717, 1.165) is 5.56 Å². The van der Waals surface area contributed by atoms with Crippen molar-refractivity contribution in [1.29, 1.82) is 0 Å². The van der Waals surface area contributed by atoms with Crippen LogP contribution in [-0.4, -0.2) is 4.92 Å². The normalized spacial score (nSPS) is 10.2. The summed E-state index contributed by atoms with van der Waals surface area (Å²) in [5, 5.41) is 10.8. The zero-order valence-corrected chi connectivity index (χ0v) is 12.2. The van der Waals surface area contributed by atoms with Gasteiger partial charge in [-0.2, -0.15) is 0 Å². The number of nitrogens with zero attached hydrogens (tertiary/aromatic N) is 1. The van der Waals surface area contributed by atoms with Crippen molar-refractivity contribution in [1.82, 2.24) is 0 Å². The Labute approximate surface area is 124 Å². The Morgan fingerprint density at radius 3 is 2.53 bits per heavy atom. The van der Waals surface area contributed by atoms with Crippen molar-refractivity contribution in [3.63, 3.8) is 0 Å². The Morgan fingerprint density at radius 2 is 1.89 bits per heavy atom. The molecule has 5 heteroatoms. The molecular weight excluding hydrogens is 357 g/mol. The first-order valence-electron chi connectivity index (χ1n) is 5.70. The zero-order chi connectivity index (χ0) is 13.7. The molecule has 2 aromatic rings. The molecule has 19 heavy (non-hydrogen) atoms. The maximum atomic E-state index is 10.8. The summed E-state index contributed by atoms with van der Waals surface area (Å²) in [6.07, 6.45) is 0. The zero-order valence-electron chi connectivity index (χ0n) is 10.1. The van der Waals surface area contributed by atoms with Gasteiger partial charge in [0.05, 0.1) is 4.92 Å². The van der Waals surface area contributed by atoms with Crippen molar-refractivity contribution in [2.24, 2.45) is 0 Å². The molecule has 2 aromatic carbocycles. The molecule has 0 heterocycles. The summed E-state index contributed by atoms with van der Waals surface area (Å²) in [7, 11) is 0. The van der Waals surface area contributed by atoms with E-state index in [1.807, 2.05) is 30.3 Å². The van der Waals surface area contributed by atoms with Gasteiger partial charge >= 0.3 is 0 Å². The Morgan fingerprint density at radius 1 is 1.16 bits per heavy atom. The van der Waals surface area contributed by atoms with E-state index in [4.69, 9.17) is 4.74 Å². The Balaban J connectivity index is 2.11. The summed E-state index contributed by atoms with van der Waals surface area (Å²) in [5.41, 5.74) is 1.88. The lowest BCUT2D eigenvalue weighted by Gasteiger charge is -2.07. The molecule has 0 aliphatic rings. The molecule has 0 saturated heterocycles. The third kappa shape index (κ3) is 3.66. The van der Waals surface area contributed by atoms with Gasteiger partial charge in [-0.3, -0.25) is 10.1 Å². The quantitative estimate of drug-likeness (QED) is 0.345. The van der Waals surface area contributed by atoms with Gasteiger partial charge in [-0.15, -0.1) is 0 Å². The summed E-state index contributed by atoms with van der Waals surface area (Å²) in [6.45, 7) is 0.458. The number of alkyl halides is 1. The van der Waals surface area contributed by atoms with Crippen molar-refractivity contribution in [3.05, 3.63) is 69.8 Å². The molecule has 0 aliphatic heterocycles. The van der Waals surface area contributed by atoms with Crippen LogP contribution >= 0.6 is 22.6 Å². The van der Waals surface area contributed by atoms with E-state index in [9.17, 15) is 10.1 Å². The highest BCUT2D eigenvalue weighted by Gasteiger charge is 2.13. The molecule has 0 unspecified atom stereocenters. The van der Waals surface area contributed by atoms with E-state index in [0.29, 0.717) is 22.3 Å². The standard InChI is InChI=1S/C14H12INO3/c15-9-12-8-13(6-7-14(12)16(17)18)19-10-11-4-2-1-3-5-11/h1-8H,9-10H2. The maximum absolute atomic E-state index is 10.8. The minimum Gasteiger partial charge on any atom is -0.489 e. The summed E-state index contributed by atoms with van der Waals surface area (Å²) in [5.74, 6) is 0.654. The van der Waals surface area contributed by atoms with Crippen LogP contribution in [0, 0.1) is 10.1 Å². The van der Waals surface area contributed by atoms with Gasteiger partial charge in [0.25, 0.3) is 5.69 Å². The first-order valence-corrected chi connectivity index (χ1v) is 7.23. The van der Waals surface area contributed by atoms with Crippen LogP contribution in [0.5, 0.6) is 5.75 Å². The molecule has 0 N–H and O–H groups in total. The van der Waals surface area contributed by atoms with E-state index in [-0.39, 0.29) is 10.6 Å². The SMILES string of the molecule is O=[N+]([O-])c1ccc(OCc2ccccc2)cc1CI. The number of rotatable bonds is 5. The van der Waals surface area contributed by atoms with Crippen LogP contribution < -0.4 is 4.74 Å². The molecule has 0 spiro atoms. The largest absolute Gasteiger partial charge is 0.489 e. The van der Waals surface area contributed by atoms with E-state index in [1.165, 1.54) is 6.07 Å². The summed E-state index contributed by atoms with van der Waals surface area (Å²) < 4.78 is 6.22. The second-order valence-electron chi connectivity index (χ2n) is 3.96. The van der Waals surface area contributed by atoms with Crippen molar-refractivity contribution in [2.45, 2.75) is 11.0 Å². The molecule has 0 radical (unpaired) electrons. The van der Waals surface area contributed by atoms with E-state index < -0.39 is 0 Å². The molecule has 98 valence electrons. The Kier molecular flexibility index (Phi) is 4.73. The lowest BCUT2D eigenvalue weighted by Crippen LogP contribution is -1.98. The highest BCUT2D eigenvalue weighted by Crippen LogP contribution is 2.26. The van der Waals surface area contributed by atoms with Gasteiger partial charge in [-0.25, -0.2) is 0 Å². The number of benzene rings is 2. The molecule has 0 aliphatic carbocycles. The van der Waals surface area contributed by atoms with Crippen LogP contribution in [-0.2, 0) is 11.0 Å². The summed E-state index contributed by atoms with van der Waals surface area (Å²) in [4.78, 5) is 10.5. The van der Waals surface area contributed by atoms with Gasteiger partial charge in [0.2, 0.25) is 0 Å². The number of hydrogen-bond donors (Lipinski definition) is 0. The molecule has 0 amide bonds. The summed E-state index contributed by atoms with van der Waals surface area (Å²) in [6, 6.07) is 14.7. The smallest absolute Gasteiger partial charge is 0.273 e. The van der Waals surface area contributed by atoms with Crippen LogP contribution in [0.2, 0.25) is 0 Å². The fourth-order valence-electron chi connectivity index (χ4n) is 1.68. The Bertz CT molecular complexity index is 572. The van der Waals surface area contributed by atoms with Gasteiger partial charge < -0.3 is 4.74 Å². The van der Waals surface area contributed by atoms with Gasteiger partial charge in [-0.05, 0) is 17.7 Å². The fourth-order valence-corrected chi connectivity index (χ4v) is 2.29. The minimum atomic E-state index is -0.366. The molecule has 0 aromatic heterocycles. The number of ether oxygens (including phenoxy) is 1. The third-order valence-electron chi connectivity index (χ3n) is 2.64. The third-order valence-corrected chi connectivity index (χ3v) is 3.46. The number of nitro groups is 1. The van der Waals surface area contributed by atoms with Crippen molar-refractivity contribution >= 4 is 28.3 Å². The molecule has 0 bridgehead atoms. The van der Waals surface area contributed by atoms with Crippen LogP contribution in [0.4, 0.5) is 5.69 Å². The van der Waals surface area contributed by atoms with E-state index >= 15 is 0 Å². The lowest BCUT2D eigenvalue weighted by molar-refractivity contribution is -0.385. The minimum absolute atomic E-state index is 0.140. The average Bonchev–Trinajstić information content (AvgIpc) is 2.45. The van der Waals surface area contributed by atoms with Gasteiger partial charge in [-0.1, -0.05) is 52.9 Å². The highest BCUT2D eigenvalue weighted by molar-refractivity contribution is 14.1. The molecular formula is C14H12INO3. The molecule has 0 atom stereocenters.